The number of amides is 2. The van der Waals surface area contributed by atoms with Crippen LogP contribution in [0.1, 0.15) is 74.7 Å². The van der Waals surface area contributed by atoms with Gasteiger partial charge in [-0.3, -0.25) is 9.69 Å². The third kappa shape index (κ3) is 9.46. The number of esters is 1. The van der Waals surface area contributed by atoms with E-state index >= 15 is 0 Å². The van der Waals surface area contributed by atoms with Crippen LogP contribution in [0.4, 0.5) is 4.79 Å². The van der Waals surface area contributed by atoms with E-state index in [1.54, 1.807) is 41.5 Å². The molecule has 10 heteroatoms. The van der Waals surface area contributed by atoms with Gasteiger partial charge < -0.3 is 29.4 Å². The molecule has 2 amide bonds. The van der Waals surface area contributed by atoms with E-state index in [0.717, 1.165) is 0 Å². The van der Waals surface area contributed by atoms with E-state index in [2.05, 4.69) is 5.32 Å². The molecule has 0 bridgehead atoms. The van der Waals surface area contributed by atoms with Gasteiger partial charge in [0.25, 0.3) is 0 Å². The molecule has 33 heavy (non-hydrogen) atoms. The number of nitrogens with one attached hydrogen (secondary N) is 1. The minimum atomic E-state index is -0.960. The molecule has 2 unspecified atom stereocenters. The monoisotopic (exact) mass is 474 g/mol. The number of carbonyl (C=O) groups is 3. The fourth-order valence-corrected chi connectivity index (χ4v) is 3.75. The zero-order chi connectivity index (χ0) is 25.6. The maximum absolute atomic E-state index is 13.2. The van der Waals surface area contributed by atoms with E-state index in [9.17, 15) is 19.5 Å². The molecule has 5 atom stereocenters. The average molecular weight is 475 g/mol. The summed E-state index contributed by atoms with van der Waals surface area (Å²) in [4.78, 5) is 39.0. The Labute approximate surface area is 197 Å². The molecule has 1 saturated heterocycles. The highest BCUT2D eigenvalue weighted by atomic mass is 16.7. The maximum atomic E-state index is 13.2. The molecule has 0 aromatic carbocycles. The number of nitrogens with zero attached hydrogens (tertiary/aromatic N) is 1. The lowest BCUT2D eigenvalue weighted by Gasteiger charge is -2.35. The Bertz CT molecular complexity index is 670. The van der Waals surface area contributed by atoms with Crippen LogP contribution in [0.5, 0.6) is 0 Å². The van der Waals surface area contributed by atoms with Crippen molar-refractivity contribution in [3.05, 3.63) is 0 Å². The molecule has 1 heterocycles. The fraction of sp³-hybridized carbons (Fsp3) is 0.870. The van der Waals surface area contributed by atoms with E-state index in [4.69, 9.17) is 18.9 Å². The van der Waals surface area contributed by atoms with Crippen LogP contribution in [-0.4, -0.2) is 77.5 Å². The Morgan fingerprint density at radius 1 is 1.09 bits per heavy atom. The lowest BCUT2D eigenvalue weighted by molar-refractivity contribution is -0.182. The van der Waals surface area contributed by atoms with Crippen molar-refractivity contribution in [3.8, 4) is 0 Å². The Morgan fingerprint density at radius 3 is 2.09 bits per heavy atom. The van der Waals surface area contributed by atoms with Crippen molar-refractivity contribution in [2.45, 2.75) is 110 Å². The molecular formula is C23H42N2O8. The summed E-state index contributed by atoms with van der Waals surface area (Å²) in [6.45, 7) is 13.5. The quantitative estimate of drug-likeness (QED) is 0.386. The van der Waals surface area contributed by atoms with Crippen molar-refractivity contribution < 1.29 is 38.4 Å². The van der Waals surface area contributed by atoms with Crippen LogP contribution >= 0.6 is 0 Å². The van der Waals surface area contributed by atoms with Gasteiger partial charge in [0.1, 0.15) is 17.2 Å². The molecule has 0 aromatic rings. The molecule has 0 saturated carbocycles. The van der Waals surface area contributed by atoms with Crippen molar-refractivity contribution in [1.82, 2.24) is 10.2 Å². The molecule has 1 aliphatic heterocycles. The summed E-state index contributed by atoms with van der Waals surface area (Å²) in [5, 5.41) is 12.6. The van der Waals surface area contributed by atoms with Crippen molar-refractivity contribution in [3.63, 3.8) is 0 Å². The predicted molar refractivity (Wildman–Crippen MR) is 121 cm³/mol. The third-order valence-electron chi connectivity index (χ3n) is 5.09. The van der Waals surface area contributed by atoms with Gasteiger partial charge in [-0.15, -0.1) is 0 Å². The first-order chi connectivity index (χ1) is 15.1. The number of likely N-dealkylation sites (tertiary alicyclic amines) is 1. The molecule has 1 fully saturated rings. The number of carbonyl (C=O) groups excluding carboxylic acids is 3. The number of hydrogen-bond acceptors (Lipinski definition) is 8. The summed E-state index contributed by atoms with van der Waals surface area (Å²) in [5.74, 6) is -1.24. The average Bonchev–Trinajstić information content (AvgIpc) is 3.02. The second kappa shape index (κ2) is 12.0. The van der Waals surface area contributed by atoms with Gasteiger partial charge in [0.15, 0.2) is 0 Å². The molecule has 0 aliphatic carbocycles. The van der Waals surface area contributed by atoms with Gasteiger partial charge in [0.2, 0.25) is 12.3 Å². The SMILES string of the molecule is CC[C@H](C[C@@H]1[C@H](CO)CC(C(=O)OC(C)(C)C)N1C(=O)OC(C)(C)C)OC(NC(C)=O)OC. The predicted octanol–water partition coefficient (Wildman–Crippen LogP) is 2.57. The first-order valence-electron chi connectivity index (χ1n) is 11.4. The fourth-order valence-electron chi connectivity index (χ4n) is 3.75. The highest BCUT2D eigenvalue weighted by Crippen LogP contribution is 2.36. The summed E-state index contributed by atoms with van der Waals surface area (Å²) in [7, 11) is 1.41. The number of aliphatic hydroxyl groups is 1. The smallest absolute Gasteiger partial charge is 0.411 e. The molecular weight excluding hydrogens is 432 g/mol. The Balaban J connectivity index is 3.22. The van der Waals surface area contributed by atoms with Gasteiger partial charge >= 0.3 is 12.1 Å². The second-order valence-corrected chi connectivity index (χ2v) is 10.4. The van der Waals surface area contributed by atoms with Crippen LogP contribution in [0.15, 0.2) is 0 Å². The van der Waals surface area contributed by atoms with Gasteiger partial charge in [0, 0.05) is 32.6 Å². The third-order valence-corrected chi connectivity index (χ3v) is 5.09. The summed E-state index contributed by atoms with van der Waals surface area (Å²) in [5.41, 5.74) is -1.51. The normalized spacial score (nSPS) is 23.1. The van der Waals surface area contributed by atoms with E-state index in [1.165, 1.54) is 18.9 Å². The van der Waals surface area contributed by atoms with Gasteiger partial charge in [-0.25, -0.2) is 9.59 Å². The molecule has 192 valence electrons. The van der Waals surface area contributed by atoms with Crippen molar-refractivity contribution in [2.24, 2.45) is 5.92 Å². The number of rotatable bonds is 9. The van der Waals surface area contributed by atoms with E-state index in [0.29, 0.717) is 12.8 Å². The molecule has 1 aliphatic rings. The summed E-state index contributed by atoms with van der Waals surface area (Å²) < 4.78 is 22.2. The highest BCUT2D eigenvalue weighted by Gasteiger charge is 2.50. The van der Waals surface area contributed by atoms with E-state index in [-0.39, 0.29) is 24.9 Å². The van der Waals surface area contributed by atoms with Crippen molar-refractivity contribution >= 4 is 18.0 Å². The lowest BCUT2D eigenvalue weighted by atomic mass is 9.94. The van der Waals surface area contributed by atoms with Gasteiger partial charge in [-0.2, -0.15) is 0 Å². The van der Waals surface area contributed by atoms with E-state index < -0.39 is 47.9 Å². The minimum absolute atomic E-state index is 0.223. The van der Waals surface area contributed by atoms with Crippen LogP contribution in [0.2, 0.25) is 0 Å². The summed E-state index contributed by atoms with van der Waals surface area (Å²) >= 11 is 0. The lowest BCUT2D eigenvalue weighted by Crippen LogP contribution is -2.50. The van der Waals surface area contributed by atoms with Crippen LogP contribution in [-0.2, 0) is 28.5 Å². The van der Waals surface area contributed by atoms with Gasteiger partial charge in [-0.05, 0) is 60.8 Å². The number of hydrogen-bond donors (Lipinski definition) is 2. The van der Waals surface area contributed by atoms with Gasteiger partial charge in [0.05, 0.1) is 6.10 Å². The molecule has 0 spiro atoms. The van der Waals surface area contributed by atoms with Crippen LogP contribution in [0.25, 0.3) is 0 Å². The standard InChI is InChI=1S/C23H42N2O8/c1-10-16(31-20(30-9)24-14(2)27)12-17-15(13-26)11-18(19(28)32-22(3,4)5)25(17)21(29)33-23(6,7)8/h15-18,20,26H,10-13H2,1-9H3,(H,24,27)/t15-,16+,17+,18?,20?/m0/s1. The number of aliphatic hydroxyl groups excluding tert-OH is 1. The van der Waals surface area contributed by atoms with Crippen LogP contribution in [0.3, 0.4) is 0 Å². The van der Waals surface area contributed by atoms with Crippen molar-refractivity contribution in [2.75, 3.05) is 13.7 Å². The Morgan fingerprint density at radius 2 is 1.67 bits per heavy atom. The number of methoxy groups -OCH3 is 1. The molecule has 0 radical (unpaired) electrons. The maximum Gasteiger partial charge on any atom is 0.411 e. The zero-order valence-electron chi connectivity index (χ0n) is 21.5. The highest BCUT2D eigenvalue weighted by molar-refractivity contribution is 5.83. The van der Waals surface area contributed by atoms with Crippen LogP contribution < -0.4 is 5.32 Å². The largest absolute Gasteiger partial charge is 0.458 e. The zero-order valence-corrected chi connectivity index (χ0v) is 21.5. The summed E-state index contributed by atoms with van der Waals surface area (Å²) in [6, 6.07) is -1.44. The Hall–Kier alpha value is -1.91. The van der Waals surface area contributed by atoms with E-state index in [1.807, 2.05) is 6.92 Å². The molecule has 0 aromatic heterocycles. The molecule has 1 rings (SSSR count). The number of ether oxygens (including phenoxy) is 4. The van der Waals surface area contributed by atoms with Crippen molar-refractivity contribution in [1.29, 1.82) is 0 Å². The topological polar surface area (TPSA) is 124 Å². The Kier molecular flexibility index (Phi) is 10.6. The molecule has 10 nitrogen and oxygen atoms in total. The first-order valence-corrected chi connectivity index (χ1v) is 11.4. The first kappa shape index (κ1) is 29.1. The minimum Gasteiger partial charge on any atom is -0.458 e. The van der Waals surface area contributed by atoms with Gasteiger partial charge in [-0.1, -0.05) is 6.92 Å². The molecule has 2 N–H and O–H groups in total. The van der Waals surface area contributed by atoms with Crippen LogP contribution in [0, 0.1) is 5.92 Å². The second-order valence-electron chi connectivity index (χ2n) is 10.4. The summed E-state index contributed by atoms with van der Waals surface area (Å²) in [6.07, 6.45) is -0.946.